The standard InChI is InChI=1S/C25H27ClN2O5/c1-4-11-33-23-21(26)13-19(14-22(23)31-3)25(30)28(16-20-6-5-12-32-20)15-17-7-9-18(10-8-17)24(29)27-2/h5-10,12-14H,4,11,15-16H2,1-3H3,(H,27,29). The van der Waals surface area contributed by atoms with E-state index in [4.69, 9.17) is 25.5 Å². The van der Waals surface area contributed by atoms with Gasteiger partial charge in [-0.15, -0.1) is 0 Å². The molecule has 3 aromatic rings. The summed E-state index contributed by atoms with van der Waals surface area (Å²) in [5.74, 6) is 1.04. The molecular weight excluding hydrogens is 444 g/mol. The first-order valence-electron chi connectivity index (χ1n) is 10.6. The Morgan fingerprint density at radius 2 is 1.85 bits per heavy atom. The van der Waals surface area contributed by atoms with Gasteiger partial charge in [-0.2, -0.15) is 0 Å². The van der Waals surface area contributed by atoms with Crippen molar-refractivity contribution in [3.05, 3.63) is 82.3 Å². The second-order valence-electron chi connectivity index (χ2n) is 7.35. The van der Waals surface area contributed by atoms with Gasteiger partial charge in [0.15, 0.2) is 11.5 Å². The second-order valence-corrected chi connectivity index (χ2v) is 7.76. The molecule has 1 heterocycles. The first-order chi connectivity index (χ1) is 16.0. The van der Waals surface area contributed by atoms with Crippen molar-refractivity contribution < 1.29 is 23.5 Å². The van der Waals surface area contributed by atoms with Gasteiger partial charge in [0.25, 0.3) is 11.8 Å². The minimum atomic E-state index is -0.246. The molecule has 0 saturated carbocycles. The smallest absolute Gasteiger partial charge is 0.254 e. The quantitative estimate of drug-likeness (QED) is 0.454. The summed E-state index contributed by atoms with van der Waals surface area (Å²) in [7, 11) is 3.09. The van der Waals surface area contributed by atoms with Crippen LogP contribution in [0.1, 0.15) is 45.4 Å². The predicted octanol–water partition coefficient (Wildman–Crippen LogP) is 4.93. The van der Waals surface area contributed by atoms with Crippen LogP contribution in [0.2, 0.25) is 5.02 Å². The third-order valence-electron chi connectivity index (χ3n) is 4.96. The van der Waals surface area contributed by atoms with E-state index >= 15 is 0 Å². The predicted molar refractivity (Wildman–Crippen MR) is 126 cm³/mol. The van der Waals surface area contributed by atoms with Crippen molar-refractivity contribution in [2.75, 3.05) is 20.8 Å². The highest BCUT2D eigenvalue weighted by molar-refractivity contribution is 6.32. The number of benzene rings is 2. The number of halogens is 1. The number of amides is 2. The van der Waals surface area contributed by atoms with Crippen LogP contribution >= 0.6 is 11.6 Å². The Morgan fingerprint density at radius 3 is 2.45 bits per heavy atom. The number of ether oxygens (including phenoxy) is 2. The number of hydrogen-bond donors (Lipinski definition) is 1. The number of methoxy groups -OCH3 is 1. The van der Waals surface area contributed by atoms with Gasteiger partial charge in [0.2, 0.25) is 0 Å². The van der Waals surface area contributed by atoms with Crippen LogP contribution in [0.25, 0.3) is 0 Å². The molecule has 2 amide bonds. The fraction of sp³-hybridized carbons (Fsp3) is 0.280. The van der Waals surface area contributed by atoms with E-state index in [1.807, 2.05) is 25.1 Å². The van der Waals surface area contributed by atoms with Crippen LogP contribution in [-0.2, 0) is 13.1 Å². The molecule has 0 atom stereocenters. The van der Waals surface area contributed by atoms with Crippen molar-refractivity contribution in [1.29, 1.82) is 0 Å². The lowest BCUT2D eigenvalue weighted by Gasteiger charge is -2.23. The Kier molecular flexibility index (Phi) is 8.38. The van der Waals surface area contributed by atoms with Crippen LogP contribution in [0.15, 0.2) is 59.2 Å². The summed E-state index contributed by atoms with van der Waals surface area (Å²) in [4.78, 5) is 27.0. The van der Waals surface area contributed by atoms with E-state index in [2.05, 4.69) is 5.32 Å². The number of carbonyl (C=O) groups excluding carboxylic acids is 2. The zero-order valence-electron chi connectivity index (χ0n) is 18.9. The molecule has 2 aromatic carbocycles. The van der Waals surface area contributed by atoms with E-state index in [-0.39, 0.29) is 18.4 Å². The van der Waals surface area contributed by atoms with Crippen LogP contribution in [0, 0.1) is 0 Å². The number of nitrogens with zero attached hydrogens (tertiary/aromatic N) is 1. The Balaban J connectivity index is 1.89. The summed E-state index contributed by atoms with van der Waals surface area (Å²) in [6.07, 6.45) is 2.38. The van der Waals surface area contributed by atoms with Crippen molar-refractivity contribution >= 4 is 23.4 Å². The zero-order valence-corrected chi connectivity index (χ0v) is 19.6. The number of nitrogens with one attached hydrogen (secondary N) is 1. The van der Waals surface area contributed by atoms with Crippen molar-refractivity contribution in [3.63, 3.8) is 0 Å². The maximum Gasteiger partial charge on any atom is 0.254 e. The van der Waals surface area contributed by atoms with Gasteiger partial charge >= 0.3 is 0 Å². The van der Waals surface area contributed by atoms with Crippen LogP contribution in [0.3, 0.4) is 0 Å². The molecule has 0 unspecified atom stereocenters. The molecule has 3 rings (SSSR count). The van der Waals surface area contributed by atoms with E-state index < -0.39 is 0 Å². The largest absolute Gasteiger partial charge is 0.493 e. The van der Waals surface area contributed by atoms with Gasteiger partial charge in [-0.1, -0.05) is 30.7 Å². The maximum absolute atomic E-state index is 13.5. The summed E-state index contributed by atoms with van der Waals surface area (Å²) in [5, 5.41) is 2.90. The number of carbonyl (C=O) groups is 2. The molecule has 7 nitrogen and oxygen atoms in total. The summed E-state index contributed by atoms with van der Waals surface area (Å²) in [5.41, 5.74) is 1.78. The molecule has 0 radical (unpaired) electrons. The zero-order chi connectivity index (χ0) is 23.8. The molecule has 8 heteroatoms. The molecule has 0 aliphatic rings. The van der Waals surface area contributed by atoms with Gasteiger partial charge in [-0.3, -0.25) is 9.59 Å². The highest BCUT2D eigenvalue weighted by atomic mass is 35.5. The summed E-state index contributed by atoms with van der Waals surface area (Å²) < 4.78 is 16.6. The maximum atomic E-state index is 13.5. The number of hydrogen-bond acceptors (Lipinski definition) is 5. The third-order valence-corrected chi connectivity index (χ3v) is 5.24. The SMILES string of the molecule is CCCOc1c(Cl)cc(C(=O)N(Cc2ccc(C(=O)NC)cc2)Cc2ccco2)cc1OC. The van der Waals surface area contributed by atoms with E-state index in [0.29, 0.717) is 46.6 Å². The Hall–Kier alpha value is -3.45. The number of rotatable bonds is 10. The van der Waals surface area contributed by atoms with Crippen molar-refractivity contribution in [3.8, 4) is 11.5 Å². The highest BCUT2D eigenvalue weighted by Gasteiger charge is 2.22. The average Bonchev–Trinajstić information content (AvgIpc) is 3.35. The van der Waals surface area contributed by atoms with Crippen LogP contribution < -0.4 is 14.8 Å². The fourth-order valence-corrected chi connectivity index (χ4v) is 3.55. The van der Waals surface area contributed by atoms with Crippen molar-refractivity contribution in [2.24, 2.45) is 0 Å². The first-order valence-corrected chi connectivity index (χ1v) is 11.0. The fourth-order valence-electron chi connectivity index (χ4n) is 3.29. The van der Waals surface area contributed by atoms with E-state index in [9.17, 15) is 9.59 Å². The van der Waals surface area contributed by atoms with Crippen LogP contribution in [0.5, 0.6) is 11.5 Å². The van der Waals surface area contributed by atoms with Crippen molar-refractivity contribution in [2.45, 2.75) is 26.4 Å². The molecule has 1 N–H and O–H groups in total. The summed E-state index contributed by atoms with van der Waals surface area (Å²) in [6, 6.07) is 13.9. The average molecular weight is 471 g/mol. The van der Waals surface area contributed by atoms with Gasteiger partial charge in [0.1, 0.15) is 5.76 Å². The highest BCUT2D eigenvalue weighted by Crippen LogP contribution is 2.37. The second kappa shape index (κ2) is 11.4. The van der Waals surface area contributed by atoms with Gasteiger partial charge in [0, 0.05) is 24.7 Å². The van der Waals surface area contributed by atoms with E-state index in [1.165, 1.54) is 7.11 Å². The molecule has 0 aliphatic heterocycles. The van der Waals surface area contributed by atoms with Gasteiger partial charge < -0.3 is 24.1 Å². The third kappa shape index (κ3) is 6.08. The monoisotopic (exact) mass is 470 g/mol. The topological polar surface area (TPSA) is 81.0 Å². The molecule has 0 aliphatic carbocycles. The Labute approximate surface area is 198 Å². The molecule has 0 spiro atoms. The summed E-state index contributed by atoms with van der Waals surface area (Å²) >= 11 is 6.43. The normalized spacial score (nSPS) is 10.5. The van der Waals surface area contributed by atoms with Gasteiger partial charge in [-0.25, -0.2) is 0 Å². The van der Waals surface area contributed by atoms with Crippen LogP contribution in [0.4, 0.5) is 0 Å². The van der Waals surface area contributed by atoms with E-state index in [1.54, 1.807) is 48.5 Å². The lowest BCUT2D eigenvalue weighted by molar-refractivity contribution is 0.0717. The van der Waals surface area contributed by atoms with E-state index in [0.717, 1.165) is 12.0 Å². The summed E-state index contributed by atoms with van der Waals surface area (Å²) in [6.45, 7) is 3.05. The first kappa shape index (κ1) is 24.2. The molecule has 1 aromatic heterocycles. The minimum Gasteiger partial charge on any atom is -0.493 e. The molecule has 0 bridgehead atoms. The van der Waals surface area contributed by atoms with Gasteiger partial charge in [0.05, 0.1) is 31.5 Å². The van der Waals surface area contributed by atoms with Crippen molar-refractivity contribution in [1.82, 2.24) is 10.2 Å². The molecular formula is C25H27ClN2O5. The molecule has 0 saturated heterocycles. The van der Waals surface area contributed by atoms with Gasteiger partial charge in [-0.05, 0) is 48.4 Å². The Bertz CT molecular complexity index is 1080. The number of furan rings is 1. The lowest BCUT2D eigenvalue weighted by atomic mass is 10.1. The Morgan fingerprint density at radius 1 is 1.09 bits per heavy atom. The molecule has 174 valence electrons. The minimum absolute atomic E-state index is 0.169. The van der Waals surface area contributed by atoms with Crippen LogP contribution in [-0.4, -0.2) is 37.5 Å². The molecule has 0 fully saturated rings. The molecule has 33 heavy (non-hydrogen) atoms. The lowest BCUT2D eigenvalue weighted by Crippen LogP contribution is -2.30.